The van der Waals surface area contributed by atoms with Crippen LogP contribution in [0.2, 0.25) is 0 Å². The van der Waals surface area contributed by atoms with E-state index in [1.807, 2.05) is 51.1 Å². The first-order valence-electron chi connectivity index (χ1n) is 12.5. The maximum Gasteiger partial charge on any atom is 0.300 e. The summed E-state index contributed by atoms with van der Waals surface area (Å²) in [6, 6.07) is 17.3. The number of fused-ring (bicyclic) bond motifs is 1. The van der Waals surface area contributed by atoms with Crippen molar-refractivity contribution >= 4 is 23.1 Å². The highest BCUT2D eigenvalue weighted by atomic mass is 16.5. The third-order valence-corrected chi connectivity index (χ3v) is 6.57. The number of aliphatic hydroxyl groups is 1. The quantitative estimate of drug-likeness (QED) is 0.268. The predicted octanol–water partition coefficient (Wildman–Crippen LogP) is 5.35. The van der Waals surface area contributed by atoms with Crippen LogP contribution in [0.25, 0.3) is 5.76 Å². The maximum atomic E-state index is 13.5. The highest BCUT2D eigenvalue weighted by Gasteiger charge is 2.47. The van der Waals surface area contributed by atoms with Crippen molar-refractivity contribution in [2.45, 2.75) is 33.2 Å². The van der Waals surface area contributed by atoms with Crippen LogP contribution in [-0.4, -0.2) is 36.6 Å². The molecule has 7 nitrogen and oxygen atoms in total. The molecular formula is C30H29NO6. The van der Waals surface area contributed by atoms with Gasteiger partial charge < -0.3 is 19.3 Å². The molecule has 0 aromatic heterocycles. The van der Waals surface area contributed by atoms with Crippen molar-refractivity contribution in [2.24, 2.45) is 0 Å². The molecule has 1 unspecified atom stereocenters. The summed E-state index contributed by atoms with van der Waals surface area (Å²) in [6.45, 7) is 7.13. The second kappa shape index (κ2) is 10.0. The topological polar surface area (TPSA) is 85.3 Å². The Bertz CT molecular complexity index is 1410. The summed E-state index contributed by atoms with van der Waals surface area (Å²) in [6.07, 6.45) is 0.721. The molecule has 2 heterocycles. The number of nitrogens with zero attached hydrogens (tertiary/aromatic N) is 1. The molecule has 0 bridgehead atoms. The van der Waals surface area contributed by atoms with Gasteiger partial charge in [-0.25, -0.2) is 0 Å². The molecule has 1 saturated heterocycles. The molecule has 190 valence electrons. The first-order valence-corrected chi connectivity index (χ1v) is 12.5. The smallest absolute Gasteiger partial charge is 0.300 e. The summed E-state index contributed by atoms with van der Waals surface area (Å²) in [5, 5.41) is 11.5. The molecule has 1 atom stereocenters. The van der Waals surface area contributed by atoms with Crippen molar-refractivity contribution in [3.8, 4) is 17.2 Å². The summed E-state index contributed by atoms with van der Waals surface area (Å²) >= 11 is 0. The van der Waals surface area contributed by atoms with Crippen LogP contribution in [0.4, 0.5) is 5.69 Å². The van der Waals surface area contributed by atoms with Gasteiger partial charge in [0, 0.05) is 23.7 Å². The predicted molar refractivity (Wildman–Crippen MR) is 140 cm³/mol. The molecule has 3 aromatic carbocycles. The number of hydrogen-bond acceptors (Lipinski definition) is 6. The van der Waals surface area contributed by atoms with E-state index in [-0.39, 0.29) is 11.3 Å². The molecule has 0 radical (unpaired) electrons. The minimum absolute atomic E-state index is 0.0429. The fraction of sp³-hybridized carbons (Fsp3) is 0.267. The number of carbonyl (C=O) groups is 2. The van der Waals surface area contributed by atoms with Gasteiger partial charge in [-0.2, -0.15) is 0 Å². The Morgan fingerprint density at radius 1 is 1.00 bits per heavy atom. The number of carbonyl (C=O) groups excluding carboxylic acids is 2. The number of aliphatic hydroxyl groups excluding tert-OH is 1. The van der Waals surface area contributed by atoms with Gasteiger partial charge in [0.15, 0.2) is 11.5 Å². The lowest BCUT2D eigenvalue weighted by atomic mass is 9.93. The average Bonchev–Trinajstić information content (AvgIpc) is 3.47. The van der Waals surface area contributed by atoms with E-state index in [9.17, 15) is 14.7 Å². The van der Waals surface area contributed by atoms with Gasteiger partial charge in [-0.05, 0) is 62.2 Å². The highest BCUT2D eigenvalue weighted by Crippen LogP contribution is 2.44. The summed E-state index contributed by atoms with van der Waals surface area (Å²) in [5.41, 5.74) is 3.64. The number of Topliss-reactive ketones (excluding diaryl/α,β-unsaturated/α-hetero) is 1. The van der Waals surface area contributed by atoms with Crippen LogP contribution >= 0.6 is 0 Å². The van der Waals surface area contributed by atoms with Crippen molar-refractivity contribution in [3.63, 3.8) is 0 Å². The highest BCUT2D eigenvalue weighted by molar-refractivity contribution is 6.51. The fourth-order valence-electron chi connectivity index (χ4n) is 4.93. The van der Waals surface area contributed by atoms with Gasteiger partial charge in [0.2, 0.25) is 0 Å². The molecule has 0 spiro atoms. The Kier molecular flexibility index (Phi) is 6.61. The van der Waals surface area contributed by atoms with Crippen LogP contribution < -0.4 is 19.1 Å². The number of rotatable bonds is 7. The molecule has 2 aliphatic rings. The number of anilines is 1. The number of ketones is 1. The van der Waals surface area contributed by atoms with Crippen LogP contribution in [0.5, 0.6) is 17.2 Å². The second-order valence-corrected chi connectivity index (χ2v) is 9.00. The molecule has 1 amide bonds. The number of amides is 1. The Hall–Kier alpha value is -4.26. The molecule has 2 aliphatic heterocycles. The summed E-state index contributed by atoms with van der Waals surface area (Å²) in [5.74, 6) is 0.127. The molecule has 3 aromatic rings. The number of benzene rings is 3. The minimum Gasteiger partial charge on any atom is -0.507 e. The third-order valence-electron chi connectivity index (χ3n) is 6.57. The van der Waals surface area contributed by atoms with E-state index in [1.165, 1.54) is 4.90 Å². The van der Waals surface area contributed by atoms with Crippen molar-refractivity contribution in [2.75, 3.05) is 24.7 Å². The van der Waals surface area contributed by atoms with Crippen LogP contribution in [-0.2, 0) is 16.0 Å². The zero-order valence-electron chi connectivity index (χ0n) is 21.1. The van der Waals surface area contributed by atoms with Gasteiger partial charge in [0.25, 0.3) is 11.7 Å². The summed E-state index contributed by atoms with van der Waals surface area (Å²) in [4.78, 5) is 28.5. The zero-order valence-corrected chi connectivity index (χ0v) is 21.1. The summed E-state index contributed by atoms with van der Waals surface area (Å²) < 4.78 is 17.0. The van der Waals surface area contributed by atoms with E-state index in [2.05, 4.69) is 0 Å². The number of aryl methyl sites for hydroxylation is 1. The van der Waals surface area contributed by atoms with E-state index in [0.29, 0.717) is 42.6 Å². The van der Waals surface area contributed by atoms with Crippen molar-refractivity contribution in [1.29, 1.82) is 0 Å². The normalized spacial score (nSPS) is 18.0. The molecule has 1 N–H and O–H groups in total. The van der Waals surface area contributed by atoms with E-state index in [4.69, 9.17) is 14.2 Å². The van der Waals surface area contributed by atoms with E-state index in [1.54, 1.807) is 30.3 Å². The monoisotopic (exact) mass is 499 g/mol. The van der Waals surface area contributed by atoms with E-state index < -0.39 is 17.7 Å². The van der Waals surface area contributed by atoms with Gasteiger partial charge in [0.05, 0.1) is 31.4 Å². The van der Waals surface area contributed by atoms with E-state index in [0.717, 1.165) is 28.9 Å². The average molecular weight is 500 g/mol. The number of hydrogen-bond donors (Lipinski definition) is 1. The first kappa shape index (κ1) is 24.4. The van der Waals surface area contributed by atoms with Gasteiger partial charge in [0.1, 0.15) is 11.5 Å². The summed E-state index contributed by atoms with van der Waals surface area (Å²) in [7, 11) is 0. The van der Waals surface area contributed by atoms with Crippen LogP contribution in [0.3, 0.4) is 0 Å². The maximum absolute atomic E-state index is 13.5. The Morgan fingerprint density at radius 3 is 2.54 bits per heavy atom. The Labute approximate surface area is 215 Å². The lowest BCUT2D eigenvalue weighted by Gasteiger charge is -2.26. The van der Waals surface area contributed by atoms with Crippen LogP contribution in [0.1, 0.15) is 42.1 Å². The van der Waals surface area contributed by atoms with Gasteiger partial charge in [-0.3, -0.25) is 14.5 Å². The van der Waals surface area contributed by atoms with E-state index >= 15 is 0 Å². The van der Waals surface area contributed by atoms with Crippen LogP contribution in [0, 0.1) is 6.92 Å². The largest absolute Gasteiger partial charge is 0.507 e. The first-order chi connectivity index (χ1) is 17.9. The lowest BCUT2D eigenvalue weighted by molar-refractivity contribution is -0.132. The molecular weight excluding hydrogens is 470 g/mol. The van der Waals surface area contributed by atoms with Gasteiger partial charge in [-0.15, -0.1) is 0 Å². The minimum atomic E-state index is -0.822. The molecule has 0 aliphatic carbocycles. The fourth-order valence-corrected chi connectivity index (χ4v) is 4.93. The SMILES string of the molecule is CCOc1ccc(N2C(=O)C(=O)/C(=C(\O)c3ccc4c(c3)CCO4)C2c2cccc(C)c2)cc1OCC. The second-order valence-electron chi connectivity index (χ2n) is 9.00. The van der Waals surface area contributed by atoms with Gasteiger partial charge >= 0.3 is 0 Å². The van der Waals surface area contributed by atoms with Crippen molar-refractivity contribution in [1.82, 2.24) is 0 Å². The Morgan fingerprint density at radius 2 is 1.78 bits per heavy atom. The number of ether oxygens (including phenoxy) is 3. The Balaban J connectivity index is 1.68. The molecule has 5 rings (SSSR count). The molecule has 0 saturated carbocycles. The third kappa shape index (κ3) is 4.42. The van der Waals surface area contributed by atoms with Crippen molar-refractivity contribution in [3.05, 3.63) is 88.5 Å². The zero-order chi connectivity index (χ0) is 26.1. The molecule has 7 heteroatoms. The lowest BCUT2D eigenvalue weighted by Crippen LogP contribution is -2.29. The molecule has 37 heavy (non-hydrogen) atoms. The van der Waals surface area contributed by atoms with Crippen LogP contribution in [0.15, 0.2) is 66.2 Å². The molecule has 1 fully saturated rings. The standard InChI is InChI=1S/C30H29NO6/c1-4-35-24-12-10-22(17-25(24)36-5-2)31-27(20-8-6-7-18(3)15-20)26(29(33)30(31)34)28(32)21-9-11-23-19(16-21)13-14-37-23/h6-12,15-17,27,32H,4-5,13-14H2,1-3H3/b28-26-. The van der Waals surface area contributed by atoms with Crippen molar-refractivity contribution < 1.29 is 28.9 Å². The van der Waals surface area contributed by atoms with Gasteiger partial charge in [-0.1, -0.05) is 29.8 Å².